The molecular weight excluding hydrogens is 256 g/mol. The Morgan fingerprint density at radius 2 is 1.90 bits per heavy atom. The Morgan fingerprint density at radius 1 is 1.30 bits per heavy atom. The highest BCUT2D eigenvalue weighted by atomic mass is 16.6. The maximum atomic E-state index is 10.6. The highest BCUT2D eigenvalue weighted by molar-refractivity contribution is 5.36. The summed E-state index contributed by atoms with van der Waals surface area (Å²) in [7, 11) is 0. The van der Waals surface area contributed by atoms with E-state index in [1.807, 2.05) is 0 Å². The Morgan fingerprint density at radius 3 is 2.35 bits per heavy atom. The first-order valence-corrected chi connectivity index (χ1v) is 6.76. The average molecular weight is 274 g/mol. The minimum atomic E-state index is -0.425. The number of hydrogen-bond acceptors (Lipinski definition) is 5. The summed E-state index contributed by atoms with van der Waals surface area (Å²) in [4.78, 5) is 14.7. The minimum Gasteiger partial charge on any atom is -0.301 e. The van der Waals surface area contributed by atoms with Crippen LogP contribution in [-0.4, -0.2) is 47.4 Å². The van der Waals surface area contributed by atoms with Crippen molar-refractivity contribution in [2.24, 2.45) is 0 Å². The summed E-state index contributed by atoms with van der Waals surface area (Å²) < 4.78 is 0. The molecule has 1 aromatic rings. The third-order valence-corrected chi connectivity index (χ3v) is 3.76. The quantitative estimate of drug-likeness (QED) is 0.618. The average Bonchev–Trinajstić information content (AvgIpc) is 2.49. The van der Waals surface area contributed by atoms with Crippen LogP contribution in [0.4, 0.5) is 5.69 Å². The van der Waals surface area contributed by atoms with E-state index in [0.29, 0.717) is 0 Å². The number of likely N-dealkylation sites (N-methyl/N-ethyl adjacent to an activating group) is 1. The fourth-order valence-electron chi connectivity index (χ4n) is 2.48. The van der Waals surface area contributed by atoms with Crippen LogP contribution in [-0.2, 0) is 0 Å². The van der Waals surface area contributed by atoms with Crippen LogP contribution in [0, 0.1) is 21.4 Å². The van der Waals surface area contributed by atoms with Crippen molar-refractivity contribution in [2.75, 3.05) is 32.7 Å². The number of rotatable bonds is 4. The van der Waals surface area contributed by atoms with Gasteiger partial charge in [0.2, 0.25) is 0 Å². The largest absolute Gasteiger partial charge is 0.301 e. The molecule has 1 aliphatic heterocycles. The lowest BCUT2D eigenvalue weighted by atomic mass is 10.1. The molecule has 1 atom stereocenters. The summed E-state index contributed by atoms with van der Waals surface area (Å²) in [5.74, 6) is 0. The molecule has 6 heteroatoms. The zero-order valence-electron chi connectivity index (χ0n) is 11.5. The molecule has 0 radical (unpaired) electrons. The van der Waals surface area contributed by atoms with Crippen LogP contribution >= 0.6 is 0 Å². The second-order valence-corrected chi connectivity index (χ2v) is 4.85. The molecule has 0 N–H and O–H groups in total. The van der Waals surface area contributed by atoms with Crippen molar-refractivity contribution in [1.82, 2.24) is 9.80 Å². The van der Waals surface area contributed by atoms with E-state index in [1.54, 1.807) is 12.1 Å². The molecule has 6 nitrogen and oxygen atoms in total. The van der Waals surface area contributed by atoms with Crippen molar-refractivity contribution in [3.63, 3.8) is 0 Å². The number of nitrogens with zero attached hydrogens (tertiary/aromatic N) is 4. The van der Waals surface area contributed by atoms with Gasteiger partial charge in [0.25, 0.3) is 5.69 Å². The predicted octanol–water partition coefficient (Wildman–Crippen LogP) is 1.80. The summed E-state index contributed by atoms with van der Waals surface area (Å²) in [6, 6.07) is 8.26. The van der Waals surface area contributed by atoms with E-state index < -0.39 is 4.92 Å². The zero-order valence-corrected chi connectivity index (χ0v) is 11.5. The Labute approximate surface area is 118 Å². The maximum Gasteiger partial charge on any atom is 0.269 e. The van der Waals surface area contributed by atoms with E-state index in [4.69, 9.17) is 0 Å². The summed E-state index contributed by atoms with van der Waals surface area (Å²) in [5.41, 5.74) is 0.879. The van der Waals surface area contributed by atoms with E-state index in [2.05, 4.69) is 22.8 Å². The molecule has 1 heterocycles. The molecule has 0 saturated carbocycles. The normalized spacial score (nSPS) is 18.4. The molecule has 0 aromatic heterocycles. The lowest BCUT2D eigenvalue weighted by Gasteiger charge is -2.36. The molecule has 106 valence electrons. The van der Waals surface area contributed by atoms with Crippen LogP contribution in [0.15, 0.2) is 24.3 Å². The number of nitriles is 1. The molecule has 1 aliphatic rings. The monoisotopic (exact) mass is 274 g/mol. The molecular formula is C14H18N4O2. The first-order chi connectivity index (χ1) is 9.65. The van der Waals surface area contributed by atoms with Gasteiger partial charge in [0.05, 0.1) is 11.0 Å². The smallest absolute Gasteiger partial charge is 0.269 e. The number of nitro benzene ring substituents is 1. The van der Waals surface area contributed by atoms with Crippen LogP contribution in [0.1, 0.15) is 18.5 Å². The highest BCUT2D eigenvalue weighted by Crippen LogP contribution is 2.23. The molecule has 1 fully saturated rings. The van der Waals surface area contributed by atoms with Gasteiger partial charge in [-0.25, -0.2) is 0 Å². The standard InChI is InChI=1S/C14H18N4O2/c1-2-16-7-9-17(10-8-16)14(11-15)12-3-5-13(6-4-12)18(19)20/h3-6,14H,2,7-10H2,1H3. The van der Waals surface area contributed by atoms with Crippen molar-refractivity contribution >= 4 is 5.69 Å². The van der Waals surface area contributed by atoms with Gasteiger partial charge in [-0.05, 0) is 24.2 Å². The SMILES string of the molecule is CCN1CCN(C(C#N)c2ccc([N+](=O)[O-])cc2)CC1. The molecule has 1 aromatic carbocycles. The molecule has 20 heavy (non-hydrogen) atoms. The Bertz CT molecular complexity index is 501. The third kappa shape index (κ3) is 3.13. The number of hydrogen-bond donors (Lipinski definition) is 0. The predicted molar refractivity (Wildman–Crippen MR) is 75.1 cm³/mol. The molecule has 1 unspecified atom stereocenters. The zero-order chi connectivity index (χ0) is 14.5. The van der Waals surface area contributed by atoms with Crippen LogP contribution in [0.2, 0.25) is 0 Å². The molecule has 0 aliphatic carbocycles. The second-order valence-electron chi connectivity index (χ2n) is 4.85. The summed E-state index contributed by atoms with van der Waals surface area (Å²) >= 11 is 0. The number of piperazine rings is 1. The van der Waals surface area contributed by atoms with E-state index in [0.717, 1.165) is 38.3 Å². The van der Waals surface area contributed by atoms with Crippen LogP contribution in [0.25, 0.3) is 0 Å². The van der Waals surface area contributed by atoms with Gasteiger partial charge in [0.15, 0.2) is 0 Å². The van der Waals surface area contributed by atoms with Crippen LogP contribution in [0.3, 0.4) is 0 Å². The summed E-state index contributed by atoms with van der Waals surface area (Å²) in [6.45, 7) is 6.78. The van der Waals surface area contributed by atoms with Gasteiger partial charge < -0.3 is 4.90 Å². The molecule has 0 bridgehead atoms. The number of nitro groups is 1. The van der Waals surface area contributed by atoms with Crippen molar-refractivity contribution < 1.29 is 4.92 Å². The third-order valence-electron chi connectivity index (χ3n) is 3.76. The minimum absolute atomic E-state index is 0.0567. The maximum absolute atomic E-state index is 10.6. The van der Waals surface area contributed by atoms with Gasteiger partial charge in [0.1, 0.15) is 6.04 Å². The Balaban J connectivity index is 2.09. The fourth-order valence-corrected chi connectivity index (χ4v) is 2.48. The van der Waals surface area contributed by atoms with Crippen molar-refractivity contribution in [1.29, 1.82) is 5.26 Å². The molecule has 0 spiro atoms. The van der Waals surface area contributed by atoms with E-state index >= 15 is 0 Å². The molecule has 0 amide bonds. The molecule has 2 rings (SSSR count). The Kier molecular flexibility index (Phi) is 4.66. The lowest BCUT2D eigenvalue weighted by molar-refractivity contribution is -0.384. The highest BCUT2D eigenvalue weighted by Gasteiger charge is 2.24. The van der Waals surface area contributed by atoms with Crippen molar-refractivity contribution in [3.8, 4) is 6.07 Å². The second kappa shape index (κ2) is 6.46. The lowest BCUT2D eigenvalue weighted by Crippen LogP contribution is -2.47. The van der Waals surface area contributed by atoms with Gasteiger partial charge in [-0.2, -0.15) is 5.26 Å². The van der Waals surface area contributed by atoms with E-state index in [1.165, 1.54) is 12.1 Å². The van der Waals surface area contributed by atoms with E-state index in [-0.39, 0.29) is 11.7 Å². The first-order valence-electron chi connectivity index (χ1n) is 6.76. The van der Waals surface area contributed by atoms with Crippen molar-refractivity contribution in [2.45, 2.75) is 13.0 Å². The van der Waals surface area contributed by atoms with E-state index in [9.17, 15) is 15.4 Å². The molecule has 1 saturated heterocycles. The Hall–Kier alpha value is -1.97. The topological polar surface area (TPSA) is 73.4 Å². The van der Waals surface area contributed by atoms with Crippen LogP contribution < -0.4 is 0 Å². The number of non-ortho nitro benzene ring substituents is 1. The summed E-state index contributed by atoms with van der Waals surface area (Å²) in [6.07, 6.45) is 0. The summed E-state index contributed by atoms with van der Waals surface area (Å²) in [5, 5.41) is 20.0. The van der Waals surface area contributed by atoms with Crippen LogP contribution in [0.5, 0.6) is 0 Å². The van der Waals surface area contributed by atoms with Gasteiger partial charge in [-0.1, -0.05) is 6.92 Å². The number of benzene rings is 1. The van der Waals surface area contributed by atoms with Crippen molar-refractivity contribution in [3.05, 3.63) is 39.9 Å². The van der Waals surface area contributed by atoms with Gasteiger partial charge >= 0.3 is 0 Å². The van der Waals surface area contributed by atoms with Gasteiger partial charge in [-0.15, -0.1) is 0 Å². The fraction of sp³-hybridized carbons (Fsp3) is 0.500. The first kappa shape index (κ1) is 14.4. The van der Waals surface area contributed by atoms with Gasteiger partial charge in [-0.3, -0.25) is 15.0 Å². The van der Waals surface area contributed by atoms with Gasteiger partial charge in [0, 0.05) is 38.3 Å².